The molecule has 0 aliphatic rings. The number of para-hydroxylation sites is 1. The highest BCUT2D eigenvalue weighted by atomic mass is 32.2. The summed E-state index contributed by atoms with van der Waals surface area (Å²) < 4.78 is 40.7. The molecule has 8 heteroatoms. The van der Waals surface area contributed by atoms with Crippen molar-refractivity contribution in [3.05, 3.63) is 42.5 Å². The van der Waals surface area contributed by atoms with E-state index in [0.717, 1.165) is 10.9 Å². The maximum atomic E-state index is 13.6. The maximum Gasteiger partial charge on any atom is 0.243 e. The molecule has 108 valence electrons. The molecular weight excluding hydrogens is 285 g/mol. The Balaban J connectivity index is 2.28. The van der Waals surface area contributed by atoms with Crippen molar-refractivity contribution in [1.29, 1.82) is 0 Å². The number of aromatic nitrogens is 2. The number of hydrogen-bond donors (Lipinski definition) is 2. The van der Waals surface area contributed by atoms with E-state index in [1.807, 2.05) is 0 Å². The first-order chi connectivity index (χ1) is 9.40. The normalized spacial score (nSPS) is 13.3. The second-order valence-electron chi connectivity index (χ2n) is 4.27. The SMILES string of the molecule is CC(O)CNS(=O)(=O)c1cnn(-c2ccccc2F)c1. The summed E-state index contributed by atoms with van der Waals surface area (Å²) in [5, 5.41) is 12.9. The minimum Gasteiger partial charge on any atom is -0.392 e. The first-order valence-electron chi connectivity index (χ1n) is 5.87. The van der Waals surface area contributed by atoms with Crippen LogP contribution < -0.4 is 4.72 Å². The van der Waals surface area contributed by atoms with E-state index in [1.165, 1.54) is 31.3 Å². The Morgan fingerprint density at radius 1 is 1.45 bits per heavy atom. The third kappa shape index (κ3) is 3.21. The van der Waals surface area contributed by atoms with Crippen LogP contribution in [0.25, 0.3) is 5.69 Å². The van der Waals surface area contributed by atoms with Gasteiger partial charge in [-0.3, -0.25) is 0 Å². The average molecular weight is 299 g/mol. The number of aliphatic hydroxyl groups excluding tert-OH is 1. The van der Waals surface area contributed by atoms with Crippen LogP contribution >= 0.6 is 0 Å². The fourth-order valence-electron chi connectivity index (χ4n) is 1.53. The summed E-state index contributed by atoms with van der Waals surface area (Å²) in [6.07, 6.45) is 1.53. The van der Waals surface area contributed by atoms with Crippen LogP contribution in [0.5, 0.6) is 0 Å². The zero-order chi connectivity index (χ0) is 14.8. The number of sulfonamides is 1. The van der Waals surface area contributed by atoms with E-state index in [1.54, 1.807) is 6.07 Å². The quantitative estimate of drug-likeness (QED) is 0.850. The van der Waals surface area contributed by atoms with E-state index in [-0.39, 0.29) is 17.1 Å². The van der Waals surface area contributed by atoms with Crippen LogP contribution in [0.3, 0.4) is 0 Å². The van der Waals surface area contributed by atoms with Gasteiger partial charge in [-0.25, -0.2) is 22.2 Å². The number of benzene rings is 1. The van der Waals surface area contributed by atoms with Gasteiger partial charge in [0.15, 0.2) is 0 Å². The second kappa shape index (κ2) is 5.70. The Hall–Kier alpha value is -1.77. The van der Waals surface area contributed by atoms with Gasteiger partial charge in [-0.15, -0.1) is 0 Å². The summed E-state index contributed by atoms with van der Waals surface area (Å²) in [6, 6.07) is 5.91. The topological polar surface area (TPSA) is 84.2 Å². The highest BCUT2D eigenvalue weighted by molar-refractivity contribution is 7.89. The van der Waals surface area contributed by atoms with Gasteiger partial charge in [-0.1, -0.05) is 12.1 Å². The van der Waals surface area contributed by atoms with E-state index in [9.17, 15) is 12.8 Å². The molecule has 0 saturated carbocycles. The molecule has 0 fully saturated rings. The van der Waals surface area contributed by atoms with Crippen LogP contribution in [0.2, 0.25) is 0 Å². The van der Waals surface area contributed by atoms with Gasteiger partial charge in [0.2, 0.25) is 10.0 Å². The van der Waals surface area contributed by atoms with E-state index in [2.05, 4.69) is 9.82 Å². The third-order valence-corrected chi connectivity index (χ3v) is 3.92. The van der Waals surface area contributed by atoms with E-state index in [4.69, 9.17) is 5.11 Å². The molecule has 0 saturated heterocycles. The molecule has 0 amide bonds. The highest BCUT2D eigenvalue weighted by Crippen LogP contribution is 2.14. The lowest BCUT2D eigenvalue weighted by Gasteiger charge is -2.06. The summed E-state index contributed by atoms with van der Waals surface area (Å²) >= 11 is 0. The van der Waals surface area contributed by atoms with E-state index < -0.39 is 21.9 Å². The Morgan fingerprint density at radius 3 is 2.80 bits per heavy atom. The van der Waals surface area contributed by atoms with Crippen molar-refractivity contribution in [1.82, 2.24) is 14.5 Å². The molecule has 0 aliphatic heterocycles. The first-order valence-corrected chi connectivity index (χ1v) is 7.36. The molecule has 1 aromatic carbocycles. The van der Waals surface area contributed by atoms with Crippen LogP contribution in [0.1, 0.15) is 6.92 Å². The van der Waals surface area contributed by atoms with Gasteiger partial charge in [-0.2, -0.15) is 5.10 Å². The molecule has 0 aliphatic carbocycles. The molecule has 2 rings (SSSR count). The van der Waals surface area contributed by atoms with Crippen molar-refractivity contribution in [2.24, 2.45) is 0 Å². The summed E-state index contributed by atoms with van der Waals surface area (Å²) in [5.74, 6) is -0.503. The summed E-state index contributed by atoms with van der Waals surface area (Å²) in [7, 11) is -3.77. The Morgan fingerprint density at radius 2 is 2.15 bits per heavy atom. The summed E-state index contributed by atoms with van der Waals surface area (Å²) in [5.41, 5.74) is 0.157. The van der Waals surface area contributed by atoms with Gasteiger partial charge >= 0.3 is 0 Å². The molecule has 0 spiro atoms. The smallest absolute Gasteiger partial charge is 0.243 e. The van der Waals surface area contributed by atoms with Crippen LogP contribution in [0.4, 0.5) is 4.39 Å². The highest BCUT2D eigenvalue weighted by Gasteiger charge is 2.17. The van der Waals surface area contributed by atoms with Gasteiger partial charge in [0, 0.05) is 6.54 Å². The minimum atomic E-state index is -3.77. The Labute approximate surface area is 115 Å². The molecule has 1 heterocycles. The van der Waals surface area contributed by atoms with Crippen LogP contribution in [-0.4, -0.2) is 36.0 Å². The predicted molar refractivity (Wildman–Crippen MR) is 70.4 cm³/mol. The number of halogens is 1. The number of aliphatic hydroxyl groups is 1. The van der Waals surface area contributed by atoms with Gasteiger partial charge in [0.1, 0.15) is 16.4 Å². The molecule has 6 nitrogen and oxygen atoms in total. The number of nitrogens with zero attached hydrogens (tertiary/aromatic N) is 2. The van der Waals surface area contributed by atoms with Crippen molar-refractivity contribution >= 4 is 10.0 Å². The largest absolute Gasteiger partial charge is 0.392 e. The van der Waals surface area contributed by atoms with Crippen LogP contribution in [0.15, 0.2) is 41.6 Å². The molecule has 2 aromatic rings. The van der Waals surface area contributed by atoms with Crippen molar-refractivity contribution in [2.45, 2.75) is 17.9 Å². The molecular formula is C12H14FN3O3S. The average Bonchev–Trinajstić information content (AvgIpc) is 2.87. The first kappa shape index (κ1) is 14.6. The number of rotatable bonds is 5. The molecule has 1 unspecified atom stereocenters. The molecule has 2 N–H and O–H groups in total. The number of nitrogens with one attached hydrogen (secondary N) is 1. The molecule has 20 heavy (non-hydrogen) atoms. The lowest BCUT2D eigenvalue weighted by Crippen LogP contribution is -2.30. The molecule has 1 atom stereocenters. The van der Waals surface area contributed by atoms with Crippen molar-refractivity contribution < 1.29 is 17.9 Å². The number of hydrogen-bond acceptors (Lipinski definition) is 4. The Kier molecular flexibility index (Phi) is 4.17. The van der Waals surface area contributed by atoms with Crippen molar-refractivity contribution in [3.8, 4) is 5.69 Å². The monoisotopic (exact) mass is 299 g/mol. The maximum absolute atomic E-state index is 13.6. The zero-order valence-electron chi connectivity index (χ0n) is 10.7. The van der Waals surface area contributed by atoms with Gasteiger partial charge in [-0.05, 0) is 19.1 Å². The van der Waals surface area contributed by atoms with E-state index >= 15 is 0 Å². The Bertz CT molecular complexity index is 697. The zero-order valence-corrected chi connectivity index (χ0v) is 11.5. The molecule has 1 aromatic heterocycles. The van der Waals surface area contributed by atoms with Crippen molar-refractivity contribution in [2.75, 3.05) is 6.54 Å². The molecule has 0 radical (unpaired) electrons. The van der Waals surface area contributed by atoms with Gasteiger partial charge < -0.3 is 5.11 Å². The van der Waals surface area contributed by atoms with Gasteiger partial charge in [0.05, 0.1) is 18.5 Å². The fourth-order valence-corrected chi connectivity index (χ4v) is 2.58. The fraction of sp³-hybridized carbons (Fsp3) is 0.250. The van der Waals surface area contributed by atoms with Crippen LogP contribution in [-0.2, 0) is 10.0 Å². The standard InChI is InChI=1S/C12H14FN3O3S/c1-9(17)6-15-20(18,19)10-7-14-16(8-10)12-5-3-2-4-11(12)13/h2-5,7-9,15,17H,6H2,1H3. The van der Waals surface area contributed by atoms with E-state index in [0.29, 0.717) is 0 Å². The summed E-state index contributed by atoms with van der Waals surface area (Å²) in [4.78, 5) is -0.0959. The summed E-state index contributed by atoms with van der Waals surface area (Å²) in [6.45, 7) is 1.36. The minimum absolute atomic E-state index is 0.0959. The predicted octanol–water partition coefficient (Wildman–Crippen LogP) is 0.670. The van der Waals surface area contributed by atoms with Crippen LogP contribution in [0, 0.1) is 5.82 Å². The van der Waals surface area contributed by atoms with Crippen molar-refractivity contribution in [3.63, 3.8) is 0 Å². The lowest BCUT2D eigenvalue weighted by molar-refractivity contribution is 0.198. The van der Waals surface area contributed by atoms with Gasteiger partial charge in [0.25, 0.3) is 0 Å². The molecule has 0 bridgehead atoms. The third-order valence-electron chi connectivity index (χ3n) is 2.54. The lowest BCUT2D eigenvalue weighted by atomic mass is 10.3. The second-order valence-corrected chi connectivity index (χ2v) is 6.04.